The lowest BCUT2D eigenvalue weighted by molar-refractivity contribution is -0.385. The minimum atomic E-state index is -0.525. The molecule has 0 fully saturated rings. The summed E-state index contributed by atoms with van der Waals surface area (Å²) < 4.78 is 7.22. The molecule has 0 bridgehead atoms. The highest BCUT2D eigenvalue weighted by molar-refractivity contribution is 6.35. The van der Waals surface area contributed by atoms with Gasteiger partial charge in [0.05, 0.1) is 11.1 Å². The van der Waals surface area contributed by atoms with Crippen LogP contribution < -0.4 is 4.74 Å². The van der Waals surface area contributed by atoms with Crippen molar-refractivity contribution in [1.82, 2.24) is 9.78 Å². The van der Waals surface area contributed by atoms with Gasteiger partial charge in [0.25, 0.3) is 0 Å². The zero-order valence-corrected chi connectivity index (χ0v) is 13.6. The van der Waals surface area contributed by atoms with Gasteiger partial charge in [-0.05, 0) is 17.7 Å². The third-order valence-electron chi connectivity index (χ3n) is 3.51. The molecule has 7 heteroatoms. The lowest BCUT2D eigenvalue weighted by Gasteiger charge is -2.10. The molecule has 3 rings (SSSR count). The van der Waals surface area contributed by atoms with E-state index < -0.39 is 4.92 Å². The van der Waals surface area contributed by atoms with Crippen LogP contribution in [0.25, 0.3) is 11.1 Å². The van der Waals surface area contributed by atoms with Crippen LogP contribution in [0.2, 0.25) is 5.02 Å². The Kier molecular flexibility index (Phi) is 4.48. The summed E-state index contributed by atoms with van der Waals surface area (Å²) in [7, 11) is 1.77. The van der Waals surface area contributed by atoms with Crippen LogP contribution in [0, 0.1) is 10.1 Å². The fourth-order valence-corrected chi connectivity index (χ4v) is 2.69. The highest BCUT2D eigenvalue weighted by Gasteiger charge is 2.24. The van der Waals surface area contributed by atoms with Crippen LogP contribution in [-0.4, -0.2) is 14.7 Å². The quantitative estimate of drug-likeness (QED) is 0.513. The normalized spacial score (nSPS) is 10.6. The first-order valence-corrected chi connectivity index (χ1v) is 7.56. The van der Waals surface area contributed by atoms with E-state index in [1.54, 1.807) is 36.3 Å². The predicted octanol–water partition coefficient (Wildman–Crippen LogP) is 4.23. The second kappa shape index (κ2) is 6.72. The molecule has 0 radical (unpaired) electrons. The first-order valence-electron chi connectivity index (χ1n) is 7.19. The summed E-state index contributed by atoms with van der Waals surface area (Å²) in [6, 6.07) is 12.7. The molecule has 0 saturated carbocycles. The van der Waals surface area contributed by atoms with Gasteiger partial charge in [0.15, 0.2) is 5.75 Å². The first-order chi connectivity index (χ1) is 11.6. The summed E-state index contributed by atoms with van der Waals surface area (Å²) in [6.07, 6.45) is 3.35. The molecular weight excluding hydrogens is 330 g/mol. The Balaban J connectivity index is 1.95. The van der Waals surface area contributed by atoms with Gasteiger partial charge in [-0.2, -0.15) is 5.10 Å². The van der Waals surface area contributed by atoms with Crippen molar-refractivity contribution in [2.45, 2.75) is 6.61 Å². The van der Waals surface area contributed by atoms with Crippen molar-refractivity contribution in [1.29, 1.82) is 0 Å². The van der Waals surface area contributed by atoms with E-state index in [4.69, 9.17) is 16.3 Å². The van der Waals surface area contributed by atoms with E-state index in [9.17, 15) is 10.1 Å². The summed E-state index contributed by atoms with van der Waals surface area (Å²) in [5.41, 5.74) is 1.93. The minimum absolute atomic E-state index is 0.0403. The molecule has 3 aromatic rings. The highest BCUT2D eigenvalue weighted by atomic mass is 35.5. The summed E-state index contributed by atoms with van der Waals surface area (Å²) in [4.78, 5) is 10.9. The second-order valence-corrected chi connectivity index (χ2v) is 5.59. The molecular formula is C17H14ClN3O3. The molecule has 0 atom stereocenters. The van der Waals surface area contributed by atoms with Crippen LogP contribution in [0.3, 0.4) is 0 Å². The number of nitro benzene ring substituents is 1. The van der Waals surface area contributed by atoms with Gasteiger partial charge in [0.2, 0.25) is 0 Å². The molecule has 24 heavy (non-hydrogen) atoms. The summed E-state index contributed by atoms with van der Waals surface area (Å²) in [5.74, 6) is 0.140. The molecule has 2 aromatic carbocycles. The van der Waals surface area contributed by atoms with Gasteiger partial charge in [0.1, 0.15) is 11.6 Å². The highest BCUT2D eigenvalue weighted by Crippen LogP contribution is 2.41. The first kappa shape index (κ1) is 16.0. The second-order valence-electron chi connectivity index (χ2n) is 5.21. The van der Waals surface area contributed by atoms with Crippen molar-refractivity contribution in [3.05, 3.63) is 75.6 Å². The fourth-order valence-electron chi connectivity index (χ4n) is 2.35. The van der Waals surface area contributed by atoms with Gasteiger partial charge in [-0.3, -0.25) is 14.8 Å². The zero-order valence-electron chi connectivity index (χ0n) is 12.8. The van der Waals surface area contributed by atoms with Gasteiger partial charge in [0, 0.05) is 24.4 Å². The lowest BCUT2D eigenvalue weighted by atomic mass is 10.1. The maximum absolute atomic E-state index is 11.5. The topological polar surface area (TPSA) is 70.2 Å². The van der Waals surface area contributed by atoms with E-state index in [0.29, 0.717) is 11.1 Å². The number of hydrogen-bond acceptors (Lipinski definition) is 4. The number of hydrogen-bond donors (Lipinski definition) is 0. The number of nitrogens with zero attached hydrogens (tertiary/aromatic N) is 3. The largest absolute Gasteiger partial charge is 0.482 e. The lowest BCUT2D eigenvalue weighted by Crippen LogP contribution is -2.00. The van der Waals surface area contributed by atoms with Crippen LogP contribution in [0.1, 0.15) is 5.56 Å². The van der Waals surface area contributed by atoms with Crippen molar-refractivity contribution >= 4 is 17.3 Å². The maximum atomic E-state index is 11.5. The van der Waals surface area contributed by atoms with Gasteiger partial charge in [-0.15, -0.1) is 0 Å². The van der Waals surface area contributed by atoms with Crippen molar-refractivity contribution < 1.29 is 9.66 Å². The predicted molar refractivity (Wildman–Crippen MR) is 91.1 cm³/mol. The Hall–Kier alpha value is -2.86. The SMILES string of the molecule is Cn1cc(-c2ccc(OCc3ccccc3)c([N+](=O)[O-])c2Cl)cn1. The third kappa shape index (κ3) is 3.23. The molecule has 0 aliphatic carbocycles. The molecule has 6 nitrogen and oxygen atoms in total. The van der Waals surface area contributed by atoms with Gasteiger partial charge >= 0.3 is 5.69 Å². The van der Waals surface area contributed by atoms with Crippen molar-refractivity contribution in [3.63, 3.8) is 0 Å². The molecule has 0 amide bonds. The van der Waals surface area contributed by atoms with Gasteiger partial charge < -0.3 is 4.74 Å². The monoisotopic (exact) mass is 343 g/mol. The van der Waals surface area contributed by atoms with E-state index >= 15 is 0 Å². The fraction of sp³-hybridized carbons (Fsp3) is 0.118. The van der Waals surface area contributed by atoms with E-state index in [1.165, 1.54) is 0 Å². The average Bonchev–Trinajstić information content (AvgIpc) is 2.99. The Morgan fingerprint density at radius 3 is 2.62 bits per heavy atom. The van der Waals surface area contributed by atoms with Crippen LogP contribution in [0.4, 0.5) is 5.69 Å². The summed E-state index contributed by atoms with van der Waals surface area (Å²) >= 11 is 6.28. The van der Waals surface area contributed by atoms with Gasteiger partial charge in [-0.25, -0.2) is 0 Å². The van der Waals surface area contributed by atoms with E-state index in [1.807, 2.05) is 30.3 Å². The van der Waals surface area contributed by atoms with Crippen molar-refractivity contribution in [2.24, 2.45) is 7.05 Å². The number of rotatable bonds is 5. The Bertz CT molecular complexity index is 878. The van der Waals surface area contributed by atoms with Crippen LogP contribution in [0.5, 0.6) is 5.75 Å². The number of aromatic nitrogens is 2. The van der Waals surface area contributed by atoms with Gasteiger partial charge in [-0.1, -0.05) is 41.9 Å². The summed E-state index contributed by atoms with van der Waals surface area (Å²) in [6.45, 7) is 0.226. The standard InChI is InChI=1S/C17H14ClN3O3/c1-20-10-13(9-19-20)14-7-8-15(17(16(14)18)21(22)23)24-11-12-5-3-2-4-6-12/h2-10H,11H2,1H3. The minimum Gasteiger partial charge on any atom is -0.482 e. The molecule has 122 valence electrons. The van der Waals surface area contributed by atoms with E-state index in [2.05, 4.69) is 5.10 Å². The van der Waals surface area contributed by atoms with Crippen molar-refractivity contribution in [2.75, 3.05) is 0 Å². The molecule has 1 aromatic heterocycles. The zero-order chi connectivity index (χ0) is 17.1. The number of halogens is 1. The average molecular weight is 344 g/mol. The number of nitro groups is 1. The molecule has 0 spiro atoms. The van der Waals surface area contributed by atoms with Crippen molar-refractivity contribution in [3.8, 4) is 16.9 Å². The maximum Gasteiger partial charge on any atom is 0.329 e. The molecule has 0 unspecified atom stereocenters. The molecule has 0 N–H and O–H groups in total. The molecule has 0 saturated heterocycles. The number of ether oxygens (including phenoxy) is 1. The van der Waals surface area contributed by atoms with E-state index in [0.717, 1.165) is 5.56 Å². The number of aryl methyl sites for hydroxylation is 1. The third-order valence-corrected chi connectivity index (χ3v) is 3.90. The van der Waals surface area contributed by atoms with E-state index in [-0.39, 0.29) is 23.1 Å². The number of benzene rings is 2. The molecule has 0 aliphatic heterocycles. The smallest absolute Gasteiger partial charge is 0.329 e. The Labute approximate surface area is 143 Å². The Morgan fingerprint density at radius 1 is 1.25 bits per heavy atom. The molecule has 1 heterocycles. The molecule has 0 aliphatic rings. The summed E-state index contributed by atoms with van der Waals surface area (Å²) in [5, 5.41) is 15.6. The Morgan fingerprint density at radius 2 is 2.00 bits per heavy atom. The van der Waals surface area contributed by atoms with Crippen LogP contribution >= 0.6 is 11.6 Å². The van der Waals surface area contributed by atoms with Crippen LogP contribution in [0.15, 0.2) is 54.9 Å². The van der Waals surface area contributed by atoms with Crippen LogP contribution in [-0.2, 0) is 13.7 Å².